The van der Waals surface area contributed by atoms with Crippen LogP contribution in [0.5, 0.6) is 0 Å². The van der Waals surface area contributed by atoms with Crippen LogP contribution in [-0.2, 0) is 10.2 Å². The van der Waals surface area contributed by atoms with Crippen LogP contribution in [0.15, 0.2) is 0 Å². The summed E-state index contributed by atoms with van der Waals surface area (Å²) in [6.45, 7) is 5.86. The molecular formula is C12H25BrN2O2S. The van der Waals surface area contributed by atoms with Crippen LogP contribution >= 0.6 is 15.9 Å². The molecule has 1 fully saturated rings. The van der Waals surface area contributed by atoms with Crippen LogP contribution < -0.4 is 0 Å². The maximum Gasteiger partial charge on any atom is 0.282 e. The van der Waals surface area contributed by atoms with Crippen LogP contribution in [0.2, 0.25) is 0 Å². The van der Waals surface area contributed by atoms with Crippen molar-refractivity contribution in [2.75, 3.05) is 25.0 Å². The van der Waals surface area contributed by atoms with Crippen LogP contribution in [0.25, 0.3) is 0 Å². The lowest BCUT2D eigenvalue weighted by Gasteiger charge is -2.31. The third-order valence-electron chi connectivity index (χ3n) is 3.28. The summed E-state index contributed by atoms with van der Waals surface area (Å²) < 4.78 is 28.6. The van der Waals surface area contributed by atoms with Gasteiger partial charge < -0.3 is 0 Å². The minimum absolute atomic E-state index is 0.0253. The van der Waals surface area contributed by atoms with E-state index in [0.717, 1.165) is 37.4 Å². The average Bonchev–Trinajstić information content (AvgIpc) is 2.57. The van der Waals surface area contributed by atoms with Crippen molar-refractivity contribution in [3.05, 3.63) is 0 Å². The van der Waals surface area contributed by atoms with E-state index in [1.807, 2.05) is 13.8 Å². The second-order valence-electron chi connectivity index (χ2n) is 5.07. The van der Waals surface area contributed by atoms with Crippen molar-refractivity contribution in [1.82, 2.24) is 8.61 Å². The van der Waals surface area contributed by atoms with Gasteiger partial charge in [0.1, 0.15) is 0 Å². The predicted molar refractivity (Wildman–Crippen MR) is 79.2 cm³/mol. The Bertz CT molecular complexity index is 325. The lowest BCUT2D eigenvalue weighted by molar-refractivity contribution is 0.306. The highest BCUT2D eigenvalue weighted by molar-refractivity contribution is 9.09. The minimum atomic E-state index is -3.27. The predicted octanol–water partition coefficient (Wildman–Crippen LogP) is 2.60. The van der Waals surface area contributed by atoms with E-state index in [-0.39, 0.29) is 6.04 Å². The highest BCUT2D eigenvalue weighted by Crippen LogP contribution is 2.18. The van der Waals surface area contributed by atoms with E-state index in [1.54, 1.807) is 8.61 Å². The Hall–Kier alpha value is 0.350. The van der Waals surface area contributed by atoms with Crippen LogP contribution in [0.1, 0.15) is 46.0 Å². The summed E-state index contributed by atoms with van der Waals surface area (Å²) >= 11 is 3.37. The molecule has 0 unspecified atom stereocenters. The second-order valence-corrected chi connectivity index (χ2v) is 7.74. The Morgan fingerprint density at radius 3 is 2.17 bits per heavy atom. The monoisotopic (exact) mass is 340 g/mol. The summed E-state index contributed by atoms with van der Waals surface area (Å²) in [6.07, 6.45) is 5.13. The molecule has 4 nitrogen and oxygen atoms in total. The first-order valence-electron chi connectivity index (χ1n) is 6.83. The van der Waals surface area contributed by atoms with E-state index in [4.69, 9.17) is 0 Å². The molecule has 0 aromatic rings. The van der Waals surface area contributed by atoms with E-state index in [0.29, 0.717) is 19.6 Å². The zero-order valence-corrected chi connectivity index (χ0v) is 13.8. The van der Waals surface area contributed by atoms with Crippen molar-refractivity contribution in [3.63, 3.8) is 0 Å². The Morgan fingerprint density at radius 1 is 1.17 bits per heavy atom. The first-order valence-corrected chi connectivity index (χ1v) is 9.35. The van der Waals surface area contributed by atoms with Crippen molar-refractivity contribution in [2.24, 2.45) is 0 Å². The van der Waals surface area contributed by atoms with E-state index in [1.165, 1.54) is 0 Å². The quantitative estimate of drug-likeness (QED) is 0.697. The smallest absolute Gasteiger partial charge is 0.195 e. The van der Waals surface area contributed by atoms with Gasteiger partial charge in [-0.15, -0.1) is 0 Å². The van der Waals surface area contributed by atoms with Gasteiger partial charge >= 0.3 is 0 Å². The largest absolute Gasteiger partial charge is 0.282 e. The first kappa shape index (κ1) is 16.4. The Balaban J connectivity index is 2.78. The molecule has 108 valence electrons. The summed E-state index contributed by atoms with van der Waals surface area (Å²) in [5.74, 6) is 0. The Morgan fingerprint density at radius 2 is 1.72 bits per heavy atom. The molecule has 0 N–H and O–H groups in total. The average molecular weight is 341 g/mol. The number of halogens is 1. The molecule has 1 saturated heterocycles. The SMILES string of the molecule is CC(C)N(CCCBr)S(=O)(=O)N1CCCCCC1. The van der Waals surface area contributed by atoms with Crippen molar-refractivity contribution in [1.29, 1.82) is 0 Å². The van der Waals surface area contributed by atoms with Crippen molar-refractivity contribution >= 4 is 26.1 Å². The zero-order valence-electron chi connectivity index (χ0n) is 11.4. The van der Waals surface area contributed by atoms with E-state index < -0.39 is 10.2 Å². The highest BCUT2D eigenvalue weighted by atomic mass is 79.9. The minimum Gasteiger partial charge on any atom is -0.195 e. The van der Waals surface area contributed by atoms with E-state index in [9.17, 15) is 8.42 Å². The lowest BCUT2D eigenvalue weighted by Crippen LogP contribution is -2.47. The lowest BCUT2D eigenvalue weighted by atomic mass is 10.2. The molecule has 1 aliphatic rings. The van der Waals surface area contributed by atoms with Crippen LogP contribution in [-0.4, -0.2) is 48.0 Å². The van der Waals surface area contributed by atoms with Gasteiger partial charge in [-0.2, -0.15) is 17.0 Å². The molecule has 1 rings (SSSR count). The molecule has 0 radical (unpaired) electrons. The molecule has 0 amide bonds. The van der Waals surface area contributed by atoms with Gasteiger partial charge in [0.05, 0.1) is 0 Å². The van der Waals surface area contributed by atoms with Crippen molar-refractivity contribution in [3.8, 4) is 0 Å². The molecular weight excluding hydrogens is 316 g/mol. The maximum atomic E-state index is 12.6. The fourth-order valence-corrected chi connectivity index (χ4v) is 4.44. The molecule has 18 heavy (non-hydrogen) atoms. The fourth-order valence-electron chi connectivity index (χ4n) is 2.28. The van der Waals surface area contributed by atoms with Crippen LogP contribution in [0.3, 0.4) is 0 Å². The van der Waals surface area contributed by atoms with E-state index in [2.05, 4.69) is 15.9 Å². The molecule has 0 bridgehead atoms. The number of hydrogen-bond donors (Lipinski definition) is 0. The summed E-state index contributed by atoms with van der Waals surface area (Å²) in [5, 5.41) is 0.839. The van der Waals surface area contributed by atoms with Gasteiger partial charge in [0.15, 0.2) is 0 Å². The molecule has 1 aliphatic heterocycles. The Labute approximate surface area is 120 Å². The number of alkyl halides is 1. The van der Waals surface area contributed by atoms with Gasteiger partial charge in [0.25, 0.3) is 10.2 Å². The molecule has 0 spiro atoms. The van der Waals surface area contributed by atoms with Crippen LogP contribution in [0, 0.1) is 0 Å². The molecule has 0 saturated carbocycles. The number of nitrogens with zero attached hydrogens (tertiary/aromatic N) is 2. The second kappa shape index (κ2) is 7.82. The van der Waals surface area contributed by atoms with Crippen molar-refractivity contribution in [2.45, 2.75) is 52.0 Å². The van der Waals surface area contributed by atoms with Gasteiger partial charge in [-0.1, -0.05) is 28.8 Å². The van der Waals surface area contributed by atoms with Gasteiger partial charge in [-0.25, -0.2) is 0 Å². The van der Waals surface area contributed by atoms with E-state index >= 15 is 0 Å². The molecule has 0 atom stereocenters. The molecule has 0 aromatic carbocycles. The number of hydrogen-bond acceptors (Lipinski definition) is 2. The highest BCUT2D eigenvalue weighted by Gasteiger charge is 2.31. The number of rotatable bonds is 6. The molecule has 1 heterocycles. The molecule has 0 aromatic heterocycles. The standard InChI is InChI=1S/C12H25BrN2O2S/c1-12(2)15(11-7-8-13)18(16,17)14-9-5-3-4-6-10-14/h12H,3-11H2,1-2H3. The van der Waals surface area contributed by atoms with Gasteiger partial charge in [-0.05, 0) is 33.1 Å². The van der Waals surface area contributed by atoms with Crippen LogP contribution in [0.4, 0.5) is 0 Å². The summed E-state index contributed by atoms with van der Waals surface area (Å²) in [4.78, 5) is 0. The van der Waals surface area contributed by atoms with Gasteiger partial charge in [-0.3, -0.25) is 0 Å². The summed E-state index contributed by atoms with van der Waals surface area (Å²) in [5.41, 5.74) is 0. The fraction of sp³-hybridized carbons (Fsp3) is 1.00. The summed E-state index contributed by atoms with van der Waals surface area (Å²) in [6, 6.07) is 0.0253. The van der Waals surface area contributed by atoms with Gasteiger partial charge in [0.2, 0.25) is 0 Å². The maximum absolute atomic E-state index is 12.6. The summed E-state index contributed by atoms with van der Waals surface area (Å²) in [7, 11) is -3.27. The zero-order chi connectivity index (χ0) is 13.6. The first-order chi connectivity index (χ1) is 8.50. The Kier molecular flexibility index (Phi) is 7.13. The third kappa shape index (κ3) is 4.47. The normalized spacial score (nSPS) is 19.4. The molecule has 0 aliphatic carbocycles. The van der Waals surface area contributed by atoms with Crippen molar-refractivity contribution < 1.29 is 8.42 Å². The van der Waals surface area contributed by atoms with Gasteiger partial charge in [0, 0.05) is 31.0 Å². The third-order valence-corrected chi connectivity index (χ3v) is 6.05. The topological polar surface area (TPSA) is 40.6 Å². The molecule has 6 heteroatoms.